The summed E-state index contributed by atoms with van der Waals surface area (Å²) in [5.41, 5.74) is 1.68. The second-order valence-electron chi connectivity index (χ2n) is 5.86. The highest BCUT2D eigenvalue weighted by Crippen LogP contribution is 2.22. The fraction of sp³-hybridized carbons (Fsp3) is 0.286. The number of amides is 1. The number of hydrogen-bond donors (Lipinski definition) is 1. The number of carbonyl (C=O) groups excluding carboxylic acids is 2. The maximum atomic E-state index is 12.4. The normalized spacial score (nSPS) is 11.2. The molecule has 0 fully saturated rings. The van der Waals surface area contributed by atoms with Crippen LogP contribution in [0.4, 0.5) is 5.69 Å². The van der Waals surface area contributed by atoms with E-state index in [0.717, 1.165) is 0 Å². The standard InChI is InChI=1S/C21H22N2O5/c1-4-27-13-17-11-15(9-10-19(17)26-3)21(25)28-14(2)20(24)23-18-8-6-5-7-16(18)12-22/h5-11,14H,4,13H2,1-3H3,(H,23,24)/t14-/m1/s1. The summed E-state index contributed by atoms with van der Waals surface area (Å²) in [6, 6.07) is 13.4. The predicted octanol–water partition coefficient (Wildman–Crippen LogP) is 3.29. The van der Waals surface area contributed by atoms with Gasteiger partial charge in [0.1, 0.15) is 11.8 Å². The minimum absolute atomic E-state index is 0.285. The summed E-state index contributed by atoms with van der Waals surface area (Å²) in [5.74, 6) is -0.570. The number of nitriles is 1. The zero-order valence-electron chi connectivity index (χ0n) is 16.0. The molecular formula is C21H22N2O5. The number of rotatable bonds is 8. The minimum Gasteiger partial charge on any atom is -0.496 e. The number of para-hydroxylation sites is 1. The lowest BCUT2D eigenvalue weighted by Crippen LogP contribution is -2.30. The van der Waals surface area contributed by atoms with Crippen molar-refractivity contribution < 1.29 is 23.8 Å². The van der Waals surface area contributed by atoms with Gasteiger partial charge in [0, 0.05) is 12.2 Å². The number of benzene rings is 2. The highest BCUT2D eigenvalue weighted by atomic mass is 16.5. The molecule has 0 saturated heterocycles. The summed E-state index contributed by atoms with van der Waals surface area (Å²) in [4.78, 5) is 24.7. The van der Waals surface area contributed by atoms with E-state index in [1.54, 1.807) is 42.5 Å². The van der Waals surface area contributed by atoms with E-state index in [0.29, 0.717) is 35.8 Å². The van der Waals surface area contributed by atoms with Crippen LogP contribution >= 0.6 is 0 Å². The first-order valence-electron chi connectivity index (χ1n) is 8.75. The monoisotopic (exact) mass is 382 g/mol. The number of anilines is 1. The molecule has 0 heterocycles. The van der Waals surface area contributed by atoms with Crippen molar-refractivity contribution >= 4 is 17.6 Å². The van der Waals surface area contributed by atoms with Gasteiger partial charge in [0.25, 0.3) is 5.91 Å². The minimum atomic E-state index is -1.04. The third-order valence-electron chi connectivity index (χ3n) is 3.94. The molecule has 0 saturated carbocycles. The second kappa shape index (κ2) is 10.1. The summed E-state index contributed by atoms with van der Waals surface area (Å²) in [7, 11) is 1.54. The molecule has 7 heteroatoms. The number of methoxy groups -OCH3 is 1. The maximum absolute atomic E-state index is 12.4. The largest absolute Gasteiger partial charge is 0.496 e. The van der Waals surface area contributed by atoms with Crippen LogP contribution in [0, 0.1) is 11.3 Å². The van der Waals surface area contributed by atoms with Gasteiger partial charge in [0.15, 0.2) is 6.10 Å². The van der Waals surface area contributed by atoms with Crippen molar-refractivity contribution in [1.29, 1.82) is 5.26 Å². The van der Waals surface area contributed by atoms with Gasteiger partial charge >= 0.3 is 5.97 Å². The van der Waals surface area contributed by atoms with Crippen LogP contribution < -0.4 is 10.1 Å². The van der Waals surface area contributed by atoms with Gasteiger partial charge in [-0.2, -0.15) is 5.26 Å². The lowest BCUT2D eigenvalue weighted by atomic mass is 10.1. The number of esters is 1. The van der Waals surface area contributed by atoms with Crippen molar-refractivity contribution in [1.82, 2.24) is 0 Å². The van der Waals surface area contributed by atoms with Crippen LogP contribution in [0.5, 0.6) is 5.75 Å². The molecule has 0 spiro atoms. The number of ether oxygens (including phenoxy) is 3. The van der Waals surface area contributed by atoms with Gasteiger partial charge < -0.3 is 19.5 Å². The van der Waals surface area contributed by atoms with Crippen LogP contribution in [-0.4, -0.2) is 31.7 Å². The van der Waals surface area contributed by atoms with Crippen LogP contribution in [0.2, 0.25) is 0 Å². The Morgan fingerprint density at radius 2 is 1.96 bits per heavy atom. The molecule has 0 radical (unpaired) electrons. The molecule has 2 aromatic carbocycles. The highest BCUT2D eigenvalue weighted by Gasteiger charge is 2.20. The SMILES string of the molecule is CCOCc1cc(C(=O)O[C@H](C)C(=O)Nc2ccccc2C#N)ccc1OC. The molecule has 146 valence electrons. The molecule has 0 aliphatic heterocycles. The molecule has 28 heavy (non-hydrogen) atoms. The van der Waals surface area contributed by atoms with Gasteiger partial charge in [-0.15, -0.1) is 0 Å². The van der Waals surface area contributed by atoms with E-state index >= 15 is 0 Å². The number of nitrogens with zero attached hydrogens (tertiary/aromatic N) is 1. The van der Waals surface area contributed by atoms with E-state index in [4.69, 9.17) is 19.5 Å². The highest BCUT2D eigenvalue weighted by molar-refractivity contribution is 5.98. The van der Waals surface area contributed by atoms with E-state index in [9.17, 15) is 9.59 Å². The molecule has 0 unspecified atom stereocenters. The second-order valence-corrected chi connectivity index (χ2v) is 5.86. The first-order chi connectivity index (χ1) is 13.5. The zero-order chi connectivity index (χ0) is 20.5. The Balaban J connectivity index is 2.07. The van der Waals surface area contributed by atoms with E-state index in [-0.39, 0.29) is 5.56 Å². The molecule has 2 rings (SSSR count). The van der Waals surface area contributed by atoms with E-state index < -0.39 is 18.0 Å². The summed E-state index contributed by atoms with van der Waals surface area (Å²) >= 11 is 0. The lowest BCUT2D eigenvalue weighted by Gasteiger charge is -2.15. The molecule has 0 aliphatic carbocycles. The van der Waals surface area contributed by atoms with Crippen molar-refractivity contribution in [3.05, 3.63) is 59.2 Å². The molecule has 0 bridgehead atoms. The topological polar surface area (TPSA) is 97.6 Å². The Labute approximate surface area is 163 Å². The van der Waals surface area contributed by atoms with Gasteiger partial charge in [-0.25, -0.2) is 4.79 Å². The molecule has 2 aromatic rings. The van der Waals surface area contributed by atoms with Crippen LogP contribution in [0.1, 0.15) is 35.3 Å². The fourth-order valence-corrected chi connectivity index (χ4v) is 2.44. The number of nitrogens with one attached hydrogen (secondary N) is 1. The average Bonchev–Trinajstić information content (AvgIpc) is 2.72. The Morgan fingerprint density at radius 1 is 1.21 bits per heavy atom. The Kier molecular flexibility index (Phi) is 7.55. The fourth-order valence-electron chi connectivity index (χ4n) is 2.44. The predicted molar refractivity (Wildman–Crippen MR) is 103 cm³/mol. The first kappa shape index (κ1) is 20.9. The summed E-state index contributed by atoms with van der Waals surface area (Å²) in [6.45, 7) is 4.16. The van der Waals surface area contributed by atoms with Crippen LogP contribution in [-0.2, 0) is 20.9 Å². The van der Waals surface area contributed by atoms with E-state index in [1.807, 2.05) is 13.0 Å². The molecule has 1 atom stereocenters. The zero-order valence-corrected chi connectivity index (χ0v) is 16.0. The van der Waals surface area contributed by atoms with Crippen molar-refractivity contribution in [2.45, 2.75) is 26.6 Å². The molecule has 7 nitrogen and oxygen atoms in total. The Hall–Kier alpha value is -3.37. The Bertz CT molecular complexity index is 889. The van der Waals surface area contributed by atoms with Gasteiger partial charge in [-0.05, 0) is 44.2 Å². The maximum Gasteiger partial charge on any atom is 0.338 e. The number of carbonyl (C=O) groups is 2. The van der Waals surface area contributed by atoms with Gasteiger partial charge in [-0.3, -0.25) is 4.79 Å². The summed E-state index contributed by atoms with van der Waals surface area (Å²) in [6.07, 6.45) is -1.04. The Morgan fingerprint density at radius 3 is 2.64 bits per heavy atom. The van der Waals surface area contributed by atoms with Crippen molar-refractivity contribution in [2.24, 2.45) is 0 Å². The van der Waals surface area contributed by atoms with Crippen LogP contribution in [0.15, 0.2) is 42.5 Å². The van der Waals surface area contributed by atoms with E-state index in [1.165, 1.54) is 14.0 Å². The van der Waals surface area contributed by atoms with Crippen molar-refractivity contribution in [2.75, 3.05) is 19.0 Å². The smallest absolute Gasteiger partial charge is 0.338 e. The molecule has 0 aromatic heterocycles. The van der Waals surface area contributed by atoms with Gasteiger partial charge in [-0.1, -0.05) is 12.1 Å². The number of hydrogen-bond acceptors (Lipinski definition) is 6. The molecular weight excluding hydrogens is 360 g/mol. The van der Waals surface area contributed by atoms with E-state index in [2.05, 4.69) is 5.32 Å². The molecule has 1 N–H and O–H groups in total. The third-order valence-corrected chi connectivity index (χ3v) is 3.94. The van der Waals surface area contributed by atoms with Crippen molar-refractivity contribution in [3.8, 4) is 11.8 Å². The first-order valence-corrected chi connectivity index (χ1v) is 8.75. The van der Waals surface area contributed by atoms with Crippen molar-refractivity contribution in [3.63, 3.8) is 0 Å². The summed E-state index contributed by atoms with van der Waals surface area (Å²) in [5, 5.41) is 11.7. The van der Waals surface area contributed by atoms with Gasteiger partial charge in [0.05, 0.1) is 30.5 Å². The summed E-state index contributed by atoms with van der Waals surface area (Å²) < 4.78 is 15.9. The van der Waals surface area contributed by atoms with Crippen LogP contribution in [0.3, 0.4) is 0 Å². The quantitative estimate of drug-likeness (QED) is 0.704. The van der Waals surface area contributed by atoms with Gasteiger partial charge in [0.2, 0.25) is 0 Å². The van der Waals surface area contributed by atoms with Crippen LogP contribution in [0.25, 0.3) is 0 Å². The average molecular weight is 382 g/mol. The lowest BCUT2D eigenvalue weighted by molar-refractivity contribution is -0.123. The molecule has 0 aliphatic rings. The third kappa shape index (κ3) is 5.32. The molecule has 1 amide bonds.